The molecule has 0 saturated heterocycles. The number of nitrogens with zero attached hydrogens (tertiary/aromatic N) is 2. The maximum absolute atomic E-state index is 13.7. The van der Waals surface area contributed by atoms with Crippen LogP contribution in [-0.2, 0) is 4.79 Å². The average molecular weight is 528 g/mol. The number of ether oxygens (including phenoxy) is 1. The van der Waals surface area contributed by atoms with E-state index >= 15 is 0 Å². The quantitative estimate of drug-likeness (QED) is 0.284. The van der Waals surface area contributed by atoms with Crippen LogP contribution in [0.3, 0.4) is 0 Å². The Kier molecular flexibility index (Phi) is 6.89. The van der Waals surface area contributed by atoms with Crippen LogP contribution in [0.2, 0.25) is 5.02 Å². The molecule has 1 aliphatic heterocycles. The van der Waals surface area contributed by atoms with E-state index in [-0.39, 0.29) is 11.8 Å². The van der Waals surface area contributed by atoms with Crippen molar-refractivity contribution in [2.24, 2.45) is 0 Å². The summed E-state index contributed by atoms with van der Waals surface area (Å²) in [6.45, 7) is 3.75. The maximum Gasteiger partial charge on any atom is 0.261 e. The molecule has 0 bridgehead atoms. The number of amides is 2. The normalized spacial score (nSPS) is 14.4. The molecule has 5 rings (SSSR count). The molecule has 2 amide bonds. The second kappa shape index (κ2) is 10.4. The van der Waals surface area contributed by atoms with Gasteiger partial charge in [0.2, 0.25) is 0 Å². The van der Waals surface area contributed by atoms with Crippen LogP contribution < -0.4 is 20.7 Å². The Bertz CT molecular complexity index is 1580. The van der Waals surface area contributed by atoms with Gasteiger partial charge < -0.3 is 20.7 Å². The summed E-state index contributed by atoms with van der Waals surface area (Å²) in [5, 5.41) is 14.1. The Morgan fingerprint density at radius 3 is 2.50 bits per heavy atom. The largest absolute Gasteiger partial charge is 0.495 e. The van der Waals surface area contributed by atoms with E-state index in [1.54, 1.807) is 36.9 Å². The number of allylic oxidation sites excluding steroid dienone is 1. The number of nitrogens with one attached hydrogen (secondary N) is 3. The van der Waals surface area contributed by atoms with Gasteiger partial charge in [0.25, 0.3) is 11.8 Å². The number of halogens is 1. The highest BCUT2D eigenvalue weighted by Crippen LogP contribution is 2.40. The van der Waals surface area contributed by atoms with Crippen LogP contribution in [0.5, 0.6) is 5.75 Å². The Morgan fingerprint density at radius 1 is 0.974 bits per heavy atom. The highest BCUT2D eigenvalue weighted by Gasteiger charge is 2.36. The SMILES string of the molecule is COc1ccccc1NC(=O)C1=C(C)Nc2c(C(=O)Nc3cccc(C)c3)cnn2[C@@H]1c1ccccc1Cl. The molecule has 3 N–H and O–H groups in total. The summed E-state index contributed by atoms with van der Waals surface area (Å²) in [6.07, 6.45) is 1.49. The molecule has 0 spiro atoms. The van der Waals surface area contributed by atoms with Crippen LogP contribution >= 0.6 is 11.6 Å². The Labute approximate surface area is 225 Å². The minimum atomic E-state index is -0.685. The molecule has 0 unspecified atom stereocenters. The zero-order valence-electron chi connectivity index (χ0n) is 21.1. The summed E-state index contributed by atoms with van der Waals surface area (Å²) >= 11 is 6.63. The molecule has 2 heterocycles. The highest BCUT2D eigenvalue weighted by molar-refractivity contribution is 6.31. The second-order valence-electron chi connectivity index (χ2n) is 8.92. The number of rotatable bonds is 6. The minimum Gasteiger partial charge on any atom is -0.495 e. The van der Waals surface area contributed by atoms with Crippen molar-refractivity contribution in [1.29, 1.82) is 0 Å². The Balaban J connectivity index is 1.56. The fraction of sp³-hybridized carbons (Fsp3) is 0.138. The van der Waals surface area contributed by atoms with Crippen molar-refractivity contribution >= 4 is 40.6 Å². The Morgan fingerprint density at radius 2 is 1.74 bits per heavy atom. The molecule has 1 aliphatic rings. The first-order chi connectivity index (χ1) is 18.4. The third kappa shape index (κ3) is 4.73. The van der Waals surface area contributed by atoms with E-state index in [4.69, 9.17) is 16.3 Å². The maximum atomic E-state index is 13.7. The van der Waals surface area contributed by atoms with Crippen LogP contribution in [0.4, 0.5) is 17.2 Å². The van der Waals surface area contributed by atoms with Gasteiger partial charge in [-0.2, -0.15) is 5.10 Å². The first kappa shape index (κ1) is 25.1. The molecule has 3 aromatic carbocycles. The summed E-state index contributed by atoms with van der Waals surface area (Å²) in [7, 11) is 1.55. The predicted molar refractivity (Wildman–Crippen MR) is 149 cm³/mol. The zero-order chi connectivity index (χ0) is 26.8. The number of aryl methyl sites for hydroxylation is 1. The fourth-order valence-electron chi connectivity index (χ4n) is 4.56. The van der Waals surface area contributed by atoms with Gasteiger partial charge in [0.05, 0.1) is 24.6 Å². The van der Waals surface area contributed by atoms with Gasteiger partial charge in [-0.1, -0.05) is 54.1 Å². The van der Waals surface area contributed by atoms with Gasteiger partial charge in [-0.25, -0.2) is 4.68 Å². The lowest BCUT2D eigenvalue weighted by molar-refractivity contribution is -0.113. The van der Waals surface area contributed by atoms with Crippen LogP contribution in [-0.4, -0.2) is 28.7 Å². The summed E-state index contributed by atoms with van der Waals surface area (Å²) in [4.78, 5) is 27.0. The van der Waals surface area contributed by atoms with Crippen molar-refractivity contribution in [1.82, 2.24) is 9.78 Å². The van der Waals surface area contributed by atoms with Crippen molar-refractivity contribution in [3.05, 3.63) is 112 Å². The highest BCUT2D eigenvalue weighted by atomic mass is 35.5. The smallest absolute Gasteiger partial charge is 0.261 e. The molecule has 8 nitrogen and oxygen atoms in total. The number of carbonyl (C=O) groups excluding carboxylic acids is 2. The molecule has 0 radical (unpaired) electrons. The molecule has 1 atom stereocenters. The molecule has 9 heteroatoms. The van der Waals surface area contributed by atoms with Gasteiger partial charge in [0.1, 0.15) is 23.2 Å². The number of fused-ring (bicyclic) bond motifs is 1. The van der Waals surface area contributed by atoms with E-state index in [2.05, 4.69) is 21.0 Å². The van der Waals surface area contributed by atoms with Crippen LogP contribution in [0.25, 0.3) is 0 Å². The molecule has 0 fully saturated rings. The van der Waals surface area contributed by atoms with Gasteiger partial charge >= 0.3 is 0 Å². The lowest BCUT2D eigenvalue weighted by Crippen LogP contribution is -2.32. The zero-order valence-corrected chi connectivity index (χ0v) is 21.8. The number of carbonyl (C=O) groups is 2. The Hall–Kier alpha value is -4.56. The van der Waals surface area contributed by atoms with Gasteiger partial charge in [0.15, 0.2) is 0 Å². The molecular formula is C29H26ClN5O3. The number of para-hydroxylation sites is 2. The van der Waals surface area contributed by atoms with Gasteiger partial charge in [-0.15, -0.1) is 0 Å². The standard InChI is InChI=1S/C29H26ClN5O3/c1-17-9-8-10-19(15-17)33-28(36)21-16-31-35-26(20-11-4-5-12-22(20)30)25(18(2)32-27(21)35)29(37)34-23-13-6-7-14-24(23)38-3/h4-16,26,32H,1-3H3,(H,33,36)(H,34,37)/t26-/m1/s1. The van der Waals surface area contributed by atoms with Gasteiger partial charge in [-0.3, -0.25) is 9.59 Å². The lowest BCUT2D eigenvalue weighted by atomic mass is 9.94. The second-order valence-corrected chi connectivity index (χ2v) is 9.32. The van der Waals surface area contributed by atoms with Crippen LogP contribution in [0.15, 0.2) is 90.3 Å². The third-order valence-corrected chi connectivity index (χ3v) is 6.69. The van der Waals surface area contributed by atoms with Crippen LogP contribution in [0.1, 0.15) is 34.5 Å². The number of aromatic nitrogens is 2. The summed E-state index contributed by atoms with van der Waals surface area (Å²) < 4.78 is 7.03. The summed E-state index contributed by atoms with van der Waals surface area (Å²) in [5.41, 5.74) is 4.23. The first-order valence-electron chi connectivity index (χ1n) is 12.0. The summed E-state index contributed by atoms with van der Waals surface area (Å²) in [5.74, 6) is 0.326. The minimum absolute atomic E-state index is 0.322. The lowest BCUT2D eigenvalue weighted by Gasteiger charge is -2.30. The molecular weight excluding hydrogens is 502 g/mol. The van der Waals surface area contributed by atoms with Crippen molar-refractivity contribution in [3.63, 3.8) is 0 Å². The van der Waals surface area contributed by atoms with Crippen molar-refractivity contribution in [2.45, 2.75) is 19.9 Å². The van der Waals surface area contributed by atoms with E-state index in [9.17, 15) is 9.59 Å². The fourth-order valence-corrected chi connectivity index (χ4v) is 4.80. The number of anilines is 3. The molecule has 38 heavy (non-hydrogen) atoms. The third-order valence-electron chi connectivity index (χ3n) is 6.34. The van der Waals surface area contributed by atoms with Gasteiger partial charge in [-0.05, 0) is 49.7 Å². The molecule has 4 aromatic rings. The molecule has 192 valence electrons. The number of hydrogen-bond acceptors (Lipinski definition) is 5. The molecule has 0 aliphatic carbocycles. The van der Waals surface area contributed by atoms with E-state index in [1.165, 1.54) is 6.20 Å². The summed E-state index contributed by atoms with van der Waals surface area (Å²) in [6, 6.07) is 21.3. The van der Waals surface area contributed by atoms with E-state index in [0.29, 0.717) is 50.4 Å². The predicted octanol–water partition coefficient (Wildman–Crippen LogP) is 6.03. The van der Waals surface area contributed by atoms with Crippen molar-refractivity contribution in [2.75, 3.05) is 23.1 Å². The topological polar surface area (TPSA) is 97.3 Å². The monoisotopic (exact) mass is 527 g/mol. The van der Waals surface area contributed by atoms with Crippen molar-refractivity contribution < 1.29 is 14.3 Å². The number of benzene rings is 3. The molecule has 0 saturated carbocycles. The number of hydrogen-bond donors (Lipinski definition) is 3. The first-order valence-corrected chi connectivity index (χ1v) is 12.4. The van der Waals surface area contributed by atoms with Gasteiger partial charge in [0, 0.05) is 22.0 Å². The van der Waals surface area contributed by atoms with Crippen LogP contribution in [0, 0.1) is 6.92 Å². The average Bonchev–Trinajstić information content (AvgIpc) is 3.32. The van der Waals surface area contributed by atoms with E-state index in [0.717, 1.165) is 5.56 Å². The van der Waals surface area contributed by atoms with E-state index in [1.807, 2.05) is 61.5 Å². The van der Waals surface area contributed by atoms with E-state index < -0.39 is 6.04 Å². The number of methoxy groups -OCH3 is 1. The van der Waals surface area contributed by atoms with Crippen molar-refractivity contribution in [3.8, 4) is 5.75 Å². The molecule has 1 aromatic heterocycles.